The van der Waals surface area contributed by atoms with Crippen LogP contribution in [0.25, 0.3) is 0 Å². The molecule has 3 aromatic rings. The number of nitrogens with zero attached hydrogens (tertiary/aromatic N) is 4. The van der Waals surface area contributed by atoms with E-state index in [4.69, 9.17) is 21.1 Å². The highest BCUT2D eigenvalue weighted by atomic mass is 35.5. The molecular formula is C33H46ClN5O3. The minimum absolute atomic E-state index is 0.152. The van der Waals surface area contributed by atoms with Crippen molar-refractivity contribution in [2.24, 2.45) is 0 Å². The summed E-state index contributed by atoms with van der Waals surface area (Å²) in [6.45, 7) is 11.1. The third-order valence-corrected chi connectivity index (χ3v) is 8.97. The van der Waals surface area contributed by atoms with Gasteiger partial charge in [0.2, 0.25) is 5.88 Å². The number of aryl methyl sites for hydroxylation is 1. The molecular weight excluding hydrogens is 550 g/mol. The quantitative estimate of drug-likeness (QED) is 0.262. The van der Waals surface area contributed by atoms with Crippen LogP contribution < -0.4 is 19.7 Å². The Balaban J connectivity index is 1.44. The zero-order valence-electron chi connectivity index (χ0n) is 26.2. The molecule has 2 aromatic carbocycles. The molecule has 0 aliphatic heterocycles. The van der Waals surface area contributed by atoms with Gasteiger partial charge in [-0.05, 0) is 95.8 Å². The van der Waals surface area contributed by atoms with Crippen molar-refractivity contribution in [3.63, 3.8) is 0 Å². The monoisotopic (exact) mass is 595 g/mol. The van der Waals surface area contributed by atoms with Gasteiger partial charge in [0.15, 0.2) is 0 Å². The number of aromatic nitrogens is 2. The highest BCUT2D eigenvalue weighted by Crippen LogP contribution is 2.35. The van der Waals surface area contributed by atoms with E-state index in [1.807, 2.05) is 37.6 Å². The number of carbonyl (C=O) groups is 1. The topological polar surface area (TPSA) is 71.9 Å². The highest BCUT2D eigenvalue weighted by Gasteiger charge is 2.29. The van der Waals surface area contributed by atoms with Crippen LogP contribution in [-0.4, -0.2) is 60.5 Å². The third kappa shape index (κ3) is 7.04. The van der Waals surface area contributed by atoms with Gasteiger partial charge < -0.3 is 19.7 Å². The van der Waals surface area contributed by atoms with Gasteiger partial charge in [0.1, 0.15) is 5.75 Å². The Morgan fingerprint density at radius 2 is 1.79 bits per heavy atom. The summed E-state index contributed by atoms with van der Waals surface area (Å²) >= 11 is 6.63. The minimum atomic E-state index is -0.152. The molecule has 1 aromatic heterocycles. The van der Waals surface area contributed by atoms with Crippen LogP contribution in [0.3, 0.4) is 0 Å². The first-order chi connectivity index (χ1) is 20.2. The van der Waals surface area contributed by atoms with E-state index in [1.54, 1.807) is 20.3 Å². The maximum absolute atomic E-state index is 13.5. The van der Waals surface area contributed by atoms with Crippen LogP contribution >= 0.6 is 11.6 Å². The number of carbonyl (C=O) groups excluding carboxylic acids is 1. The number of nitrogens with one attached hydrogen (secondary N) is 1. The first-order valence-corrected chi connectivity index (χ1v) is 15.4. The number of benzene rings is 2. The lowest BCUT2D eigenvalue weighted by Gasteiger charge is -2.41. The fourth-order valence-electron chi connectivity index (χ4n) is 6.32. The van der Waals surface area contributed by atoms with E-state index >= 15 is 0 Å². The Hall–Kier alpha value is -3.23. The van der Waals surface area contributed by atoms with Crippen molar-refractivity contribution < 1.29 is 14.3 Å². The summed E-state index contributed by atoms with van der Waals surface area (Å²) in [5, 5.41) is 8.13. The molecule has 1 amide bonds. The number of anilines is 1. The van der Waals surface area contributed by atoms with Gasteiger partial charge in [-0.15, -0.1) is 5.10 Å². The van der Waals surface area contributed by atoms with Crippen LogP contribution in [0.15, 0.2) is 36.4 Å². The molecule has 228 valence electrons. The molecule has 4 rings (SSSR count). The van der Waals surface area contributed by atoms with E-state index in [0.29, 0.717) is 35.1 Å². The molecule has 0 unspecified atom stereocenters. The van der Waals surface area contributed by atoms with Crippen LogP contribution in [0.5, 0.6) is 11.6 Å². The van der Waals surface area contributed by atoms with Crippen LogP contribution in [0.4, 0.5) is 5.69 Å². The van der Waals surface area contributed by atoms with Gasteiger partial charge in [0.05, 0.1) is 26.3 Å². The van der Waals surface area contributed by atoms with Crippen LogP contribution in [0.1, 0.15) is 72.3 Å². The number of amides is 1. The molecule has 8 nitrogen and oxygen atoms in total. The fourth-order valence-corrected chi connectivity index (χ4v) is 6.53. The van der Waals surface area contributed by atoms with Gasteiger partial charge in [0, 0.05) is 53.7 Å². The van der Waals surface area contributed by atoms with Crippen molar-refractivity contribution in [2.75, 3.05) is 32.7 Å². The smallest absolute Gasteiger partial charge is 0.251 e. The average Bonchev–Trinajstić information content (AvgIpc) is 3.32. The van der Waals surface area contributed by atoms with Gasteiger partial charge in [-0.3, -0.25) is 14.4 Å². The van der Waals surface area contributed by atoms with Gasteiger partial charge in [-0.25, -0.2) is 0 Å². The second-order valence-corrected chi connectivity index (χ2v) is 11.6. The Morgan fingerprint density at radius 3 is 2.43 bits per heavy atom. The summed E-state index contributed by atoms with van der Waals surface area (Å²) in [4.78, 5) is 18.4. The van der Waals surface area contributed by atoms with Crippen molar-refractivity contribution in [1.82, 2.24) is 20.0 Å². The van der Waals surface area contributed by atoms with Crippen molar-refractivity contribution in [3.8, 4) is 11.6 Å². The molecule has 1 aliphatic rings. The second kappa shape index (κ2) is 14.3. The van der Waals surface area contributed by atoms with Gasteiger partial charge in [0.25, 0.3) is 5.91 Å². The van der Waals surface area contributed by atoms with E-state index in [9.17, 15) is 4.79 Å². The molecule has 0 spiro atoms. The van der Waals surface area contributed by atoms with Crippen LogP contribution in [0.2, 0.25) is 5.02 Å². The summed E-state index contributed by atoms with van der Waals surface area (Å²) in [7, 11) is 5.53. The summed E-state index contributed by atoms with van der Waals surface area (Å²) in [6.07, 6.45) is 4.44. The van der Waals surface area contributed by atoms with E-state index in [1.165, 1.54) is 5.56 Å². The van der Waals surface area contributed by atoms with Crippen molar-refractivity contribution in [3.05, 3.63) is 69.4 Å². The second-order valence-electron chi connectivity index (χ2n) is 11.2. The number of ether oxygens (including phenoxy) is 2. The average molecular weight is 596 g/mol. The minimum Gasteiger partial charge on any atom is -0.497 e. The third-order valence-electron chi connectivity index (χ3n) is 8.75. The molecule has 1 N–H and O–H groups in total. The van der Waals surface area contributed by atoms with Gasteiger partial charge in [-0.1, -0.05) is 23.7 Å². The molecule has 1 aliphatic carbocycles. The molecule has 1 heterocycles. The van der Waals surface area contributed by atoms with E-state index in [0.717, 1.165) is 73.6 Å². The number of methoxy groups -OCH3 is 2. The van der Waals surface area contributed by atoms with Crippen molar-refractivity contribution in [2.45, 2.75) is 85.1 Å². The lowest BCUT2D eigenvalue weighted by Crippen LogP contribution is -2.43. The molecule has 0 bridgehead atoms. The molecule has 1 fully saturated rings. The van der Waals surface area contributed by atoms with E-state index in [-0.39, 0.29) is 5.91 Å². The summed E-state index contributed by atoms with van der Waals surface area (Å²) in [5.74, 6) is 1.29. The molecule has 0 radical (unpaired) electrons. The largest absolute Gasteiger partial charge is 0.497 e. The lowest BCUT2D eigenvalue weighted by molar-refractivity contribution is 0.0950. The predicted molar refractivity (Wildman–Crippen MR) is 170 cm³/mol. The Bertz CT molecular complexity index is 1370. The number of rotatable bonds is 12. The number of halogens is 1. The SMILES string of the molecule is CCN(c1cc(Cl)cc(C(=O)NCc2c(OC)nn(CC)c2C)c1C)C1CCC(N(C)Cc2cccc(OC)c2)CC1. The number of hydrogen-bond acceptors (Lipinski definition) is 6. The zero-order chi connectivity index (χ0) is 30.4. The Kier molecular flexibility index (Phi) is 10.8. The molecule has 42 heavy (non-hydrogen) atoms. The molecule has 1 saturated carbocycles. The van der Waals surface area contributed by atoms with Gasteiger partial charge in [-0.2, -0.15) is 0 Å². The summed E-state index contributed by atoms with van der Waals surface area (Å²) < 4.78 is 12.8. The van der Waals surface area contributed by atoms with Crippen molar-refractivity contribution >= 4 is 23.2 Å². The molecule has 0 atom stereocenters. The van der Waals surface area contributed by atoms with E-state index in [2.05, 4.69) is 52.4 Å². The lowest BCUT2D eigenvalue weighted by atomic mass is 9.88. The summed E-state index contributed by atoms with van der Waals surface area (Å²) in [6, 6.07) is 13.0. The van der Waals surface area contributed by atoms with Crippen LogP contribution in [0, 0.1) is 13.8 Å². The highest BCUT2D eigenvalue weighted by molar-refractivity contribution is 6.31. The fraction of sp³-hybridized carbons (Fsp3) is 0.515. The first kappa shape index (κ1) is 31.7. The maximum atomic E-state index is 13.5. The normalized spacial score (nSPS) is 16.9. The maximum Gasteiger partial charge on any atom is 0.251 e. The summed E-state index contributed by atoms with van der Waals surface area (Å²) in [5.41, 5.74) is 5.72. The number of hydrogen-bond donors (Lipinski definition) is 1. The Labute approximate surface area is 255 Å². The molecule has 0 saturated heterocycles. The first-order valence-electron chi connectivity index (χ1n) is 15.0. The molecule has 9 heteroatoms. The predicted octanol–water partition coefficient (Wildman–Crippen LogP) is 6.39. The zero-order valence-corrected chi connectivity index (χ0v) is 26.9. The van der Waals surface area contributed by atoms with Crippen LogP contribution in [-0.2, 0) is 19.6 Å². The van der Waals surface area contributed by atoms with E-state index < -0.39 is 0 Å². The van der Waals surface area contributed by atoms with Crippen molar-refractivity contribution in [1.29, 1.82) is 0 Å². The Morgan fingerprint density at radius 1 is 1.07 bits per heavy atom. The standard InChI is InChI=1S/C33H46ClN5O3/c1-8-38(27-15-13-26(14-16-27)37(5)21-24-11-10-12-28(17-24)41-6)31-19-25(34)18-29(22(31)3)32(40)35-20-30-23(4)39(9-2)36-33(30)42-7/h10-12,17-19,26-27H,8-9,13-16,20-21H2,1-7H3,(H,35,40). The van der Waals surface area contributed by atoms with Gasteiger partial charge >= 0.3 is 0 Å².